The zero-order valence-corrected chi connectivity index (χ0v) is 10.1. The van der Waals surface area contributed by atoms with E-state index in [1.54, 1.807) is 12.1 Å². The quantitative estimate of drug-likeness (QED) is 0.875. The first-order valence-electron chi connectivity index (χ1n) is 5.43. The maximum absolute atomic E-state index is 13.5. The minimum Gasteiger partial charge on any atom is -0.316 e. The zero-order chi connectivity index (χ0) is 12.3. The molecule has 0 bridgehead atoms. The lowest BCUT2D eigenvalue weighted by Crippen LogP contribution is -2.44. The lowest BCUT2D eigenvalue weighted by atomic mass is 10.1. The van der Waals surface area contributed by atoms with E-state index in [1.807, 2.05) is 6.07 Å². The van der Waals surface area contributed by atoms with Crippen LogP contribution in [0.4, 0.5) is 4.39 Å². The van der Waals surface area contributed by atoms with Gasteiger partial charge in [-0.25, -0.2) is 4.39 Å². The van der Waals surface area contributed by atoms with Gasteiger partial charge in [0.2, 0.25) is 0 Å². The summed E-state index contributed by atoms with van der Waals surface area (Å²) in [5, 5.41) is 11.7. The number of hydrogen-bond acceptors (Lipinski definition) is 3. The molecule has 1 aliphatic rings. The molecule has 5 heteroatoms. The number of hydrogen-bond donors (Lipinski definition) is 1. The predicted octanol–water partition coefficient (Wildman–Crippen LogP) is 1.17. The van der Waals surface area contributed by atoms with Crippen molar-refractivity contribution in [1.29, 1.82) is 5.26 Å². The molecule has 1 saturated heterocycles. The van der Waals surface area contributed by atoms with Gasteiger partial charge in [0.15, 0.2) is 0 Å². The third-order valence-corrected chi connectivity index (χ3v) is 4.26. The largest absolute Gasteiger partial charge is 0.316 e. The highest BCUT2D eigenvalue weighted by atomic mass is 32.2. The molecule has 1 fully saturated rings. The maximum Gasteiger partial charge on any atom is 0.128 e. The van der Waals surface area contributed by atoms with Gasteiger partial charge in [-0.3, -0.25) is 4.21 Å². The first-order valence-corrected chi connectivity index (χ1v) is 6.92. The van der Waals surface area contributed by atoms with Gasteiger partial charge in [0.1, 0.15) is 5.82 Å². The fraction of sp³-hybridized carbons (Fsp3) is 0.417. The second-order valence-corrected chi connectivity index (χ2v) is 5.69. The van der Waals surface area contributed by atoms with Gasteiger partial charge in [-0.05, 0) is 18.1 Å². The SMILES string of the molecule is N#Cc1ccc(CS(=O)CC2CNC2)c(F)c1. The smallest absolute Gasteiger partial charge is 0.128 e. The minimum absolute atomic E-state index is 0.230. The topological polar surface area (TPSA) is 52.9 Å². The van der Waals surface area contributed by atoms with Crippen molar-refractivity contribution in [3.8, 4) is 6.07 Å². The number of halogens is 1. The number of benzene rings is 1. The molecule has 3 nitrogen and oxygen atoms in total. The van der Waals surface area contributed by atoms with Gasteiger partial charge < -0.3 is 5.32 Å². The van der Waals surface area contributed by atoms with Crippen LogP contribution in [0, 0.1) is 23.1 Å². The number of nitrogens with one attached hydrogen (secondary N) is 1. The van der Waals surface area contributed by atoms with E-state index in [0.717, 1.165) is 13.1 Å². The summed E-state index contributed by atoms with van der Waals surface area (Å²) in [6, 6.07) is 6.17. The molecule has 0 aromatic heterocycles. The molecule has 1 atom stereocenters. The van der Waals surface area contributed by atoms with E-state index in [4.69, 9.17) is 5.26 Å². The van der Waals surface area contributed by atoms with E-state index < -0.39 is 16.6 Å². The van der Waals surface area contributed by atoms with Gasteiger partial charge in [-0.15, -0.1) is 0 Å². The molecule has 90 valence electrons. The number of rotatable bonds is 4. The fourth-order valence-corrected chi connectivity index (χ4v) is 3.16. The van der Waals surface area contributed by atoms with Gasteiger partial charge in [-0.2, -0.15) is 5.26 Å². The summed E-state index contributed by atoms with van der Waals surface area (Å²) >= 11 is 0. The van der Waals surface area contributed by atoms with Crippen molar-refractivity contribution < 1.29 is 8.60 Å². The number of nitrogens with zero attached hydrogens (tertiary/aromatic N) is 1. The molecule has 1 N–H and O–H groups in total. The van der Waals surface area contributed by atoms with Crippen LogP contribution in [0.1, 0.15) is 11.1 Å². The summed E-state index contributed by atoms with van der Waals surface area (Å²) in [6.45, 7) is 1.81. The van der Waals surface area contributed by atoms with Gasteiger partial charge in [-0.1, -0.05) is 6.07 Å². The molecule has 17 heavy (non-hydrogen) atoms. The van der Waals surface area contributed by atoms with Crippen molar-refractivity contribution in [2.24, 2.45) is 5.92 Å². The Kier molecular flexibility index (Phi) is 3.87. The lowest BCUT2D eigenvalue weighted by Gasteiger charge is -2.26. The van der Waals surface area contributed by atoms with Crippen LogP contribution in [0.15, 0.2) is 18.2 Å². The Balaban J connectivity index is 1.98. The summed E-state index contributed by atoms with van der Waals surface area (Å²) in [7, 11) is -1.03. The summed E-state index contributed by atoms with van der Waals surface area (Å²) in [5.41, 5.74) is 0.717. The summed E-state index contributed by atoms with van der Waals surface area (Å²) in [5.74, 6) is 0.863. The molecule has 1 heterocycles. The van der Waals surface area contributed by atoms with Crippen molar-refractivity contribution in [2.75, 3.05) is 18.8 Å². The Morgan fingerprint density at radius 1 is 1.53 bits per heavy atom. The predicted molar refractivity (Wildman–Crippen MR) is 64.2 cm³/mol. The van der Waals surface area contributed by atoms with Crippen molar-refractivity contribution in [2.45, 2.75) is 5.75 Å². The molecule has 1 aromatic rings. The van der Waals surface area contributed by atoms with Gasteiger partial charge >= 0.3 is 0 Å². The van der Waals surface area contributed by atoms with Crippen LogP contribution in [0.3, 0.4) is 0 Å². The van der Waals surface area contributed by atoms with Gasteiger partial charge in [0, 0.05) is 35.2 Å². The monoisotopic (exact) mass is 252 g/mol. The summed E-state index contributed by atoms with van der Waals surface area (Å²) in [4.78, 5) is 0. The Labute approximate surface area is 102 Å². The third-order valence-electron chi connectivity index (χ3n) is 2.79. The number of nitriles is 1. The molecule has 0 spiro atoms. The average molecular weight is 252 g/mol. The highest BCUT2D eigenvalue weighted by Gasteiger charge is 2.20. The van der Waals surface area contributed by atoms with Crippen LogP contribution in [0.5, 0.6) is 0 Å². The summed E-state index contributed by atoms with van der Waals surface area (Å²) in [6.07, 6.45) is 0. The second-order valence-electron chi connectivity index (χ2n) is 4.19. The third kappa shape index (κ3) is 3.11. The molecule has 1 unspecified atom stereocenters. The summed E-state index contributed by atoms with van der Waals surface area (Å²) < 4.78 is 25.3. The van der Waals surface area contributed by atoms with Crippen molar-refractivity contribution in [3.63, 3.8) is 0 Å². The molecule has 0 radical (unpaired) electrons. The fourth-order valence-electron chi connectivity index (χ4n) is 1.70. The van der Waals surface area contributed by atoms with E-state index >= 15 is 0 Å². The minimum atomic E-state index is -1.03. The van der Waals surface area contributed by atoms with Crippen molar-refractivity contribution in [3.05, 3.63) is 35.1 Å². The Hall–Kier alpha value is -1.25. The normalized spacial score (nSPS) is 17.2. The maximum atomic E-state index is 13.5. The Morgan fingerprint density at radius 2 is 2.29 bits per heavy atom. The van der Waals surface area contributed by atoms with E-state index in [0.29, 0.717) is 22.8 Å². The molecule has 2 rings (SSSR count). The zero-order valence-electron chi connectivity index (χ0n) is 9.28. The van der Waals surface area contributed by atoms with E-state index in [9.17, 15) is 8.60 Å². The van der Waals surface area contributed by atoms with Crippen LogP contribution in [-0.4, -0.2) is 23.1 Å². The molecule has 0 aliphatic carbocycles. The van der Waals surface area contributed by atoms with Crippen LogP contribution >= 0.6 is 0 Å². The molecular weight excluding hydrogens is 239 g/mol. The van der Waals surface area contributed by atoms with E-state index in [-0.39, 0.29) is 5.75 Å². The van der Waals surface area contributed by atoms with Crippen molar-refractivity contribution in [1.82, 2.24) is 5.32 Å². The lowest BCUT2D eigenvalue weighted by molar-refractivity contribution is 0.382. The molecule has 1 aromatic carbocycles. The van der Waals surface area contributed by atoms with Gasteiger partial charge in [0.25, 0.3) is 0 Å². The average Bonchev–Trinajstić information content (AvgIpc) is 2.26. The van der Waals surface area contributed by atoms with E-state index in [2.05, 4.69) is 5.32 Å². The molecule has 1 aliphatic heterocycles. The Morgan fingerprint density at radius 3 is 2.82 bits per heavy atom. The van der Waals surface area contributed by atoms with Gasteiger partial charge in [0.05, 0.1) is 17.4 Å². The standard InChI is InChI=1S/C12H13FN2OS/c13-12-3-9(4-14)1-2-11(12)8-17(16)7-10-5-15-6-10/h1-3,10,15H,5-8H2. The van der Waals surface area contributed by atoms with Crippen molar-refractivity contribution >= 4 is 10.8 Å². The Bertz CT molecular complexity index is 480. The molecular formula is C12H13FN2OS. The van der Waals surface area contributed by atoms with Crippen LogP contribution in [-0.2, 0) is 16.6 Å². The molecule has 0 amide bonds. The molecule has 0 saturated carbocycles. The first kappa shape index (κ1) is 12.2. The van der Waals surface area contributed by atoms with Crippen LogP contribution in [0.2, 0.25) is 0 Å². The van der Waals surface area contributed by atoms with E-state index in [1.165, 1.54) is 6.07 Å². The second kappa shape index (κ2) is 5.39. The highest BCUT2D eigenvalue weighted by Crippen LogP contribution is 2.14. The first-order chi connectivity index (χ1) is 8.19. The van der Waals surface area contributed by atoms with Crippen LogP contribution < -0.4 is 5.32 Å². The van der Waals surface area contributed by atoms with Crippen LogP contribution in [0.25, 0.3) is 0 Å². The highest BCUT2D eigenvalue weighted by molar-refractivity contribution is 7.84.